The molecule has 9 heteroatoms. The minimum atomic E-state index is -0.279. The van der Waals surface area contributed by atoms with Crippen molar-refractivity contribution in [1.29, 1.82) is 0 Å². The van der Waals surface area contributed by atoms with Crippen molar-refractivity contribution >= 4 is 56.9 Å². The largest absolute Gasteiger partial charge is 0.436 e. The van der Waals surface area contributed by atoms with Crippen molar-refractivity contribution in [2.45, 2.75) is 6.42 Å². The topological polar surface area (TPSA) is 105 Å². The third kappa shape index (κ3) is 5.40. The average molecular weight is 576 g/mol. The molecule has 0 atom stereocenters. The van der Waals surface area contributed by atoms with Crippen molar-refractivity contribution in [3.8, 4) is 11.3 Å². The van der Waals surface area contributed by atoms with Crippen molar-refractivity contribution in [1.82, 2.24) is 15.0 Å². The predicted molar refractivity (Wildman–Crippen MR) is 145 cm³/mol. The molecule has 3 heterocycles. The molecular formula is C26H21IN6O2. The van der Waals surface area contributed by atoms with Crippen molar-refractivity contribution < 1.29 is 9.21 Å². The van der Waals surface area contributed by atoms with Gasteiger partial charge in [0.05, 0.1) is 8.96 Å². The molecule has 35 heavy (non-hydrogen) atoms. The van der Waals surface area contributed by atoms with E-state index in [4.69, 9.17) is 4.42 Å². The van der Waals surface area contributed by atoms with E-state index in [1.165, 1.54) is 6.33 Å². The van der Waals surface area contributed by atoms with Crippen molar-refractivity contribution in [2.75, 3.05) is 22.5 Å². The fraction of sp³-hybridized carbons (Fsp3) is 0.0769. The van der Waals surface area contributed by atoms with Gasteiger partial charge in [-0.3, -0.25) is 4.98 Å². The summed E-state index contributed by atoms with van der Waals surface area (Å²) >= 11 is 2.26. The van der Waals surface area contributed by atoms with Gasteiger partial charge >= 0.3 is 6.03 Å². The molecule has 0 aliphatic rings. The lowest BCUT2D eigenvalue weighted by molar-refractivity contribution is 0.262. The van der Waals surface area contributed by atoms with Crippen LogP contribution in [0.5, 0.6) is 0 Å². The SMILES string of the molecule is O=C(Nc1ccccc1)Nc1ccc(CCNc2ncnc3oc(-c4cccnc4)c(I)c23)cc1. The first kappa shape index (κ1) is 22.8. The monoisotopic (exact) mass is 576 g/mol. The number of carbonyl (C=O) groups excluding carboxylic acids is 1. The number of nitrogens with one attached hydrogen (secondary N) is 3. The van der Waals surface area contributed by atoms with Gasteiger partial charge in [-0.15, -0.1) is 0 Å². The zero-order valence-electron chi connectivity index (χ0n) is 18.5. The number of hydrogen-bond acceptors (Lipinski definition) is 6. The third-order valence-corrected chi connectivity index (χ3v) is 6.33. The van der Waals surface area contributed by atoms with E-state index in [1.807, 2.05) is 66.7 Å². The number of halogens is 1. The molecule has 0 saturated carbocycles. The van der Waals surface area contributed by atoms with Crippen LogP contribution in [0.1, 0.15) is 5.56 Å². The Morgan fingerprint density at radius 2 is 1.69 bits per heavy atom. The Bertz CT molecular complexity index is 1440. The number of urea groups is 1. The number of anilines is 3. The van der Waals surface area contributed by atoms with Crippen molar-refractivity contribution in [3.05, 3.63) is 94.6 Å². The number of nitrogens with zero attached hydrogens (tertiary/aromatic N) is 3. The number of rotatable bonds is 7. The van der Waals surface area contributed by atoms with Crippen LogP contribution in [-0.4, -0.2) is 27.5 Å². The van der Waals surface area contributed by atoms with Gasteiger partial charge in [-0.2, -0.15) is 0 Å². The van der Waals surface area contributed by atoms with Crippen LogP contribution in [0.25, 0.3) is 22.4 Å². The Morgan fingerprint density at radius 3 is 2.43 bits per heavy atom. The number of carbonyl (C=O) groups is 1. The van der Waals surface area contributed by atoms with E-state index in [1.54, 1.807) is 12.4 Å². The summed E-state index contributed by atoms with van der Waals surface area (Å²) in [5, 5.41) is 9.91. The number of fused-ring (bicyclic) bond motifs is 1. The van der Waals surface area contributed by atoms with Gasteiger partial charge in [0.15, 0.2) is 5.76 Å². The maximum Gasteiger partial charge on any atom is 0.323 e. The highest BCUT2D eigenvalue weighted by Gasteiger charge is 2.18. The quantitative estimate of drug-likeness (QED) is 0.200. The first-order valence-electron chi connectivity index (χ1n) is 11.0. The van der Waals surface area contributed by atoms with Gasteiger partial charge in [-0.05, 0) is 71.0 Å². The molecule has 2 amide bonds. The van der Waals surface area contributed by atoms with Crippen LogP contribution in [0.3, 0.4) is 0 Å². The highest BCUT2D eigenvalue weighted by molar-refractivity contribution is 14.1. The molecule has 0 unspecified atom stereocenters. The van der Waals surface area contributed by atoms with Crippen LogP contribution in [0, 0.1) is 3.57 Å². The second-order valence-electron chi connectivity index (χ2n) is 7.71. The second-order valence-corrected chi connectivity index (χ2v) is 8.79. The number of hydrogen-bond donors (Lipinski definition) is 3. The standard InChI is InChI=1S/C26H21IN6O2/c27-22-21-24(30-16-31-25(21)35-23(22)18-5-4-13-28-15-18)29-14-12-17-8-10-20(11-9-17)33-26(34)32-19-6-2-1-3-7-19/h1-11,13,15-16H,12,14H2,(H,29,30,31)(H2,32,33,34). The Hall–Kier alpha value is -3.99. The van der Waals surface area contributed by atoms with E-state index in [9.17, 15) is 4.79 Å². The van der Waals surface area contributed by atoms with Crippen molar-refractivity contribution in [2.24, 2.45) is 0 Å². The van der Waals surface area contributed by atoms with Crippen LogP contribution in [0.4, 0.5) is 22.0 Å². The van der Waals surface area contributed by atoms with E-state index in [0.29, 0.717) is 12.3 Å². The summed E-state index contributed by atoms with van der Waals surface area (Å²) in [7, 11) is 0. The number of aromatic nitrogens is 3. The average Bonchev–Trinajstić information content (AvgIpc) is 3.23. The number of para-hydroxylation sites is 1. The first-order valence-corrected chi connectivity index (χ1v) is 12.0. The number of benzene rings is 2. The maximum atomic E-state index is 12.2. The fourth-order valence-electron chi connectivity index (χ4n) is 3.61. The summed E-state index contributed by atoms with van der Waals surface area (Å²) in [6, 6.07) is 20.7. The highest BCUT2D eigenvalue weighted by atomic mass is 127. The van der Waals surface area contributed by atoms with Crippen LogP contribution in [0.15, 0.2) is 89.9 Å². The van der Waals surface area contributed by atoms with E-state index >= 15 is 0 Å². The molecule has 0 bridgehead atoms. The summed E-state index contributed by atoms with van der Waals surface area (Å²) in [6.07, 6.45) is 5.78. The normalized spacial score (nSPS) is 10.8. The third-order valence-electron chi connectivity index (χ3n) is 5.30. The smallest absolute Gasteiger partial charge is 0.323 e. The zero-order valence-corrected chi connectivity index (χ0v) is 20.7. The molecule has 0 aliphatic heterocycles. The molecule has 5 rings (SSSR count). The molecule has 0 spiro atoms. The van der Waals surface area contributed by atoms with Gasteiger partial charge in [0.25, 0.3) is 0 Å². The van der Waals surface area contributed by atoms with Gasteiger partial charge in [0, 0.05) is 35.9 Å². The summed E-state index contributed by atoms with van der Waals surface area (Å²) < 4.78 is 6.94. The predicted octanol–water partition coefficient (Wildman–Crippen LogP) is 6.19. The molecule has 0 radical (unpaired) electrons. The molecular weight excluding hydrogens is 555 g/mol. The van der Waals surface area contributed by atoms with Crippen LogP contribution < -0.4 is 16.0 Å². The molecule has 0 saturated heterocycles. The lowest BCUT2D eigenvalue weighted by Gasteiger charge is -2.09. The minimum absolute atomic E-state index is 0.279. The fourth-order valence-corrected chi connectivity index (χ4v) is 4.52. The Balaban J connectivity index is 1.20. The van der Waals surface area contributed by atoms with Gasteiger partial charge < -0.3 is 20.4 Å². The minimum Gasteiger partial charge on any atom is -0.436 e. The summed E-state index contributed by atoms with van der Waals surface area (Å²) in [5.41, 5.74) is 4.03. The molecule has 0 fully saturated rings. The molecule has 3 aromatic heterocycles. The lowest BCUT2D eigenvalue weighted by atomic mass is 10.1. The van der Waals surface area contributed by atoms with Crippen LogP contribution in [0.2, 0.25) is 0 Å². The van der Waals surface area contributed by atoms with Gasteiger partial charge in [0.2, 0.25) is 5.71 Å². The summed E-state index contributed by atoms with van der Waals surface area (Å²) in [6.45, 7) is 0.677. The Morgan fingerprint density at radius 1 is 0.914 bits per heavy atom. The van der Waals surface area contributed by atoms with Crippen LogP contribution >= 0.6 is 22.6 Å². The number of pyridine rings is 1. The molecule has 0 aliphatic carbocycles. The lowest BCUT2D eigenvalue weighted by Crippen LogP contribution is -2.19. The zero-order chi connectivity index (χ0) is 24.0. The van der Waals surface area contributed by atoms with E-state index in [0.717, 1.165) is 49.5 Å². The second kappa shape index (κ2) is 10.5. The molecule has 3 N–H and O–H groups in total. The summed E-state index contributed by atoms with van der Waals surface area (Å²) in [4.78, 5) is 25.1. The molecule has 5 aromatic rings. The summed E-state index contributed by atoms with van der Waals surface area (Å²) in [5.74, 6) is 1.46. The Labute approximate surface area is 215 Å². The van der Waals surface area contributed by atoms with Crippen LogP contribution in [-0.2, 0) is 6.42 Å². The Kier molecular flexibility index (Phi) is 6.85. The molecule has 2 aromatic carbocycles. The first-order chi connectivity index (χ1) is 17.2. The maximum absolute atomic E-state index is 12.2. The van der Waals surface area contributed by atoms with Gasteiger partial charge in [-0.25, -0.2) is 14.8 Å². The highest BCUT2D eigenvalue weighted by Crippen LogP contribution is 2.36. The molecule has 8 nitrogen and oxygen atoms in total. The van der Waals surface area contributed by atoms with Gasteiger partial charge in [0.1, 0.15) is 12.1 Å². The van der Waals surface area contributed by atoms with E-state index in [-0.39, 0.29) is 6.03 Å². The van der Waals surface area contributed by atoms with E-state index < -0.39 is 0 Å². The number of amides is 2. The molecule has 174 valence electrons. The number of furan rings is 1. The van der Waals surface area contributed by atoms with E-state index in [2.05, 4.69) is 53.5 Å². The van der Waals surface area contributed by atoms with Gasteiger partial charge in [-0.1, -0.05) is 30.3 Å². The van der Waals surface area contributed by atoms with Crippen molar-refractivity contribution in [3.63, 3.8) is 0 Å².